The average Bonchev–Trinajstić information content (AvgIpc) is 2.72. The van der Waals surface area contributed by atoms with Gasteiger partial charge >= 0.3 is 0 Å². The predicted molar refractivity (Wildman–Crippen MR) is 68.9 cm³/mol. The first kappa shape index (κ1) is 11.4. The van der Waals surface area contributed by atoms with Gasteiger partial charge in [0.1, 0.15) is 0 Å². The van der Waals surface area contributed by atoms with Crippen LogP contribution in [-0.4, -0.2) is 38.6 Å². The van der Waals surface area contributed by atoms with E-state index in [9.17, 15) is 0 Å². The third-order valence-electron chi connectivity index (χ3n) is 2.98. The zero-order valence-electron chi connectivity index (χ0n) is 10.2. The van der Waals surface area contributed by atoms with Crippen LogP contribution in [0.1, 0.15) is 11.1 Å². The molecule has 0 fully saturated rings. The van der Waals surface area contributed by atoms with Crippen molar-refractivity contribution in [2.24, 2.45) is 0 Å². The summed E-state index contributed by atoms with van der Waals surface area (Å²) in [6, 6.07) is 6.59. The summed E-state index contributed by atoms with van der Waals surface area (Å²) in [5.41, 5.74) is 4.22. The maximum absolute atomic E-state index is 3.48. The van der Waals surface area contributed by atoms with Gasteiger partial charge in [0.25, 0.3) is 0 Å². The molecule has 2 N–H and O–H groups in total. The Kier molecular flexibility index (Phi) is 3.80. The summed E-state index contributed by atoms with van der Waals surface area (Å²) in [6.07, 6.45) is 1.17. The van der Waals surface area contributed by atoms with E-state index in [4.69, 9.17) is 0 Å². The summed E-state index contributed by atoms with van der Waals surface area (Å²) < 4.78 is 0. The SMILES string of the molecule is CN(C)CCNCc1cccc2c1NCC2. The molecule has 2 rings (SSSR count). The Bertz CT molecular complexity index is 347. The number of anilines is 1. The summed E-state index contributed by atoms with van der Waals surface area (Å²) in [6.45, 7) is 4.17. The van der Waals surface area contributed by atoms with Gasteiger partial charge in [0.2, 0.25) is 0 Å². The minimum absolute atomic E-state index is 0.962. The fourth-order valence-corrected chi connectivity index (χ4v) is 2.08. The lowest BCUT2D eigenvalue weighted by atomic mass is 10.1. The van der Waals surface area contributed by atoms with Crippen LogP contribution in [0.15, 0.2) is 18.2 Å². The fraction of sp³-hybridized carbons (Fsp3) is 0.538. The smallest absolute Gasteiger partial charge is 0.0419 e. The van der Waals surface area contributed by atoms with Crippen molar-refractivity contribution in [1.82, 2.24) is 10.2 Å². The summed E-state index contributed by atoms with van der Waals surface area (Å²) in [5.74, 6) is 0. The van der Waals surface area contributed by atoms with Crippen molar-refractivity contribution in [2.45, 2.75) is 13.0 Å². The highest BCUT2D eigenvalue weighted by atomic mass is 15.1. The number of fused-ring (bicyclic) bond motifs is 1. The largest absolute Gasteiger partial charge is 0.384 e. The quantitative estimate of drug-likeness (QED) is 0.731. The van der Waals surface area contributed by atoms with Crippen molar-refractivity contribution in [3.05, 3.63) is 29.3 Å². The first-order valence-electron chi connectivity index (χ1n) is 5.97. The van der Waals surface area contributed by atoms with Crippen LogP contribution in [0, 0.1) is 0 Å². The number of hydrogen-bond acceptors (Lipinski definition) is 3. The lowest BCUT2D eigenvalue weighted by Crippen LogP contribution is -2.26. The fourth-order valence-electron chi connectivity index (χ4n) is 2.08. The van der Waals surface area contributed by atoms with Crippen LogP contribution in [0.4, 0.5) is 5.69 Å². The second kappa shape index (κ2) is 5.32. The van der Waals surface area contributed by atoms with Gasteiger partial charge in [-0.05, 0) is 31.6 Å². The highest BCUT2D eigenvalue weighted by Crippen LogP contribution is 2.25. The minimum atomic E-state index is 0.962. The van der Waals surface area contributed by atoms with Gasteiger partial charge in [-0.25, -0.2) is 0 Å². The molecule has 1 aromatic rings. The van der Waals surface area contributed by atoms with E-state index in [1.165, 1.54) is 23.2 Å². The molecule has 0 radical (unpaired) electrons. The third kappa shape index (κ3) is 2.74. The number of benzene rings is 1. The van der Waals surface area contributed by atoms with Crippen molar-refractivity contribution in [1.29, 1.82) is 0 Å². The van der Waals surface area contributed by atoms with Crippen LogP contribution in [-0.2, 0) is 13.0 Å². The number of hydrogen-bond donors (Lipinski definition) is 2. The standard InChI is InChI=1S/C13H21N3/c1-16(2)9-8-14-10-12-5-3-4-11-6-7-15-13(11)12/h3-5,14-15H,6-10H2,1-2H3. The molecule has 3 nitrogen and oxygen atoms in total. The van der Waals surface area contributed by atoms with Gasteiger partial charge in [0, 0.05) is 31.9 Å². The minimum Gasteiger partial charge on any atom is -0.384 e. The van der Waals surface area contributed by atoms with Gasteiger partial charge in [0.05, 0.1) is 0 Å². The molecule has 0 unspecified atom stereocenters. The molecular weight excluding hydrogens is 198 g/mol. The van der Waals surface area contributed by atoms with Gasteiger partial charge in [0.15, 0.2) is 0 Å². The molecule has 88 valence electrons. The summed E-state index contributed by atoms with van der Waals surface area (Å²) in [4.78, 5) is 2.20. The third-order valence-corrected chi connectivity index (χ3v) is 2.98. The molecule has 1 aromatic carbocycles. The number of nitrogens with zero attached hydrogens (tertiary/aromatic N) is 1. The molecule has 0 aliphatic carbocycles. The van der Waals surface area contributed by atoms with Crippen LogP contribution in [0.5, 0.6) is 0 Å². The molecule has 0 saturated carbocycles. The Balaban J connectivity index is 1.88. The Morgan fingerprint density at radius 1 is 1.38 bits per heavy atom. The van der Waals surface area contributed by atoms with Gasteiger partial charge in [-0.3, -0.25) is 0 Å². The molecule has 1 aliphatic heterocycles. The van der Waals surface area contributed by atoms with E-state index in [1.807, 2.05) is 0 Å². The number of para-hydroxylation sites is 1. The maximum Gasteiger partial charge on any atom is 0.0419 e. The number of rotatable bonds is 5. The predicted octanol–water partition coefficient (Wildman–Crippen LogP) is 1.31. The van der Waals surface area contributed by atoms with Gasteiger partial charge in [-0.15, -0.1) is 0 Å². The van der Waals surface area contributed by atoms with E-state index in [2.05, 4.69) is 47.8 Å². The summed E-state index contributed by atoms with van der Waals surface area (Å²) in [5, 5.41) is 6.95. The van der Waals surface area contributed by atoms with E-state index in [1.54, 1.807) is 0 Å². The molecule has 0 atom stereocenters. The average molecular weight is 219 g/mol. The molecule has 16 heavy (non-hydrogen) atoms. The van der Waals surface area contributed by atoms with E-state index in [0.717, 1.165) is 26.2 Å². The summed E-state index contributed by atoms with van der Waals surface area (Å²) in [7, 11) is 4.20. The molecule has 0 bridgehead atoms. The Morgan fingerprint density at radius 3 is 3.06 bits per heavy atom. The molecule has 0 spiro atoms. The lowest BCUT2D eigenvalue weighted by molar-refractivity contribution is 0.400. The molecule has 3 heteroatoms. The number of nitrogens with one attached hydrogen (secondary N) is 2. The lowest BCUT2D eigenvalue weighted by Gasteiger charge is -2.12. The van der Waals surface area contributed by atoms with E-state index in [0.29, 0.717) is 0 Å². The van der Waals surface area contributed by atoms with E-state index >= 15 is 0 Å². The normalized spacial score (nSPS) is 13.9. The highest BCUT2D eigenvalue weighted by molar-refractivity contribution is 5.61. The zero-order chi connectivity index (χ0) is 11.4. The molecule has 0 saturated heterocycles. The Labute approximate surface area is 97.8 Å². The van der Waals surface area contributed by atoms with Gasteiger partial charge < -0.3 is 15.5 Å². The maximum atomic E-state index is 3.48. The van der Waals surface area contributed by atoms with E-state index in [-0.39, 0.29) is 0 Å². The second-order valence-corrected chi connectivity index (χ2v) is 4.61. The molecule has 0 amide bonds. The van der Waals surface area contributed by atoms with Crippen molar-refractivity contribution in [2.75, 3.05) is 39.0 Å². The summed E-state index contributed by atoms with van der Waals surface area (Å²) >= 11 is 0. The van der Waals surface area contributed by atoms with Gasteiger partial charge in [-0.1, -0.05) is 18.2 Å². The highest BCUT2D eigenvalue weighted by Gasteiger charge is 2.12. The van der Waals surface area contributed by atoms with Crippen LogP contribution >= 0.6 is 0 Å². The van der Waals surface area contributed by atoms with E-state index < -0.39 is 0 Å². The topological polar surface area (TPSA) is 27.3 Å². The Hall–Kier alpha value is -1.06. The zero-order valence-corrected chi connectivity index (χ0v) is 10.2. The van der Waals surface area contributed by atoms with Crippen molar-refractivity contribution < 1.29 is 0 Å². The number of likely N-dealkylation sites (N-methyl/N-ethyl adjacent to an activating group) is 1. The molecule has 1 aliphatic rings. The first-order valence-corrected chi connectivity index (χ1v) is 5.97. The monoisotopic (exact) mass is 219 g/mol. The van der Waals surface area contributed by atoms with Crippen LogP contribution in [0.25, 0.3) is 0 Å². The molecule has 0 aromatic heterocycles. The second-order valence-electron chi connectivity index (χ2n) is 4.61. The van der Waals surface area contributed by atoms with Crippen molar-refractivity contribution in [3.8, 4) is 0 Å². The van der Waals surface area contributed by atoms with Crippen LogP contribution in [0.2, 0.25) is 0 Å². The Morgan fingerprint density at radius 2 is 2.25 bits per heavy atom. The van der Waals surface area contributed by atoms with Gasteiger partial charge in [-0.2, -0.15) is 0 Å². The van der Waals surface area contributed by atoms with Crippen LogP contribution in [0.3, 0.4) is 0 Å². The van der Waals surface area contributed by atoms with Crippen molar-refractivity contribution >= 4 is 5.69 Å². The van der Waals surface area contributed by atoms with Crippen LogP contribution < -0.4 is 10.6 Å². The first-order chi connectivity index (χ1) is 7.77. The van der Waals surface area contributed by atoms with Crippen molar-refractivity contribution in [3.63, 3.8) is 0 Å². The molecular formula is C13H21N3. The molecule has 1 heterocycles.